The summed E-state index contributed by atoms with van der Waals surface area (Å²) in [5, 5.41) is 11.5. The van der Waals surface area contributed by atoms with Gasteiger partial charge in [-0.15, -0.1) is 0 Å². The number of para-hydroxylation sites is 1. The Bertz CT molecular complexity index is 688. The normalized spacial score (nSPS) is 14.4. The fraction of sp³-hybridized carbons (Fsp3) is 0.250. The molecule has 2 aromatic carbocycles. The number of fused-ring (bicyclic) bond motifs is 1. The molecule has 0 spiro atoms. The van der Waals surface area contributed by atoms with Crippen LogP contribution in [0.25, 0.3) is 0 Å². The number of rotatable bonds is 2. The summed E-state index contributed by atoms with van der Waals surface area (Å²) < 4.78 is 0. The van der Waals surface area contributed by atoms with E-state index in [1.807, 2.05) is 12.1 Å². The molecule has 5 heteroatoms. The lowest BCUT2D eigenvalue weighted by molar-refractivity contribution is -0.384. The number of nitro benzene ring substituents is 1. The maximum atomic E-state index is 11.3. The molecular formula is C16H15ClN2O2. The Morgan fingerprint density at radius 3 is 2.62 bits per heavy atom. The maximum absolute atomic E-state index is 11.3. The molecule has 0 N–H and O–H groups in total. The average Bonchev–Trinajstić information content (AvgIpc) is 2.68. The van der Waals surface area contributed by atoms with Crippen LogP contribution in [-0.2, 0) is 13.0 Å². The summed E-state index contributed by atoms with van der Waals surface area (Å²) >= 11 is 6.02. The molecule has 3 rings (SSSR count). The highest BCUT2D eigenvalue weighted by Gasteiger charge is 2.24. The Balaban J connectivity index is 2.02. The third kappa shape index (κ3) is 2.72. The lowest BCUT2D eigenvalue weighted by atomic mass is 10.0. The van der Waals surface area contributed by atoms with Crippen LogP contribution in [0.2, 0.25) is 5.02 Å². The van der Waals surface area contributed by atoms with E-state index in [-0.39, 0.29) is 10.7 Å². The molecular weight excluding hydrogens is 288 g/mol. The highest BCUT2D eigenvalue weighted by molar-refractivity contribution is 6.33. The number of aryl methyl sites for hydroxylation is 1. The Morgan fingerprint density at radius 1 is 1.10 bits per heavy atom. The molecule has 4 nitrogen and oxygen atoms in total. The second-order valence-electron chi connectivity index (χ2n) is 5.16. The Hall–Kier alpha value is -2.07. The summed E-state index contributed by atoms with van der Waals surface area (Å²) in [6.07, 6.45) is 1.97. The van der Waals surface area contributed by atoms with Crippen molar-refractivity contribution in [2.75, 3.05) is 11.4 Å². The molecule has 2 aromatic rings. The second kappa shape index (κ2) is 5.74. The van der Waals surface area contributed by atoms with Crippen molar-refractivity contribution in [1.29, 1.82) is 0 Å². The van der Waals surface area contributed by atoms with Crippen LogP contribution < -0.4 is 4.90 Å². The summed E-state index contributed by atoms with van der Waals surface area (Å²) in [6.45, 7) is 1.47. The van der Waals surface area contributed by atoms with E-state index in [9.17, 15) is 10.1 Å². The minimum Gasteiger partial charge on any atom is -0.362 e. The summed E-state index contributed by atoms with van der Waals surface area (Å²) in [7, 11) is 0. The predicted molar refractivity (Wildman–Crippen MR) is 83.9 cm³/mol. The van der Waals surface area contributed by atoms with Crippen molar-refractivity contribution in [3.05, 3.63) is 68.7 Å². The number of nitro groups is 1. The first-order chi connectivity index (χ1) is 10.2. The largest absolute Gasteiger partial charge is 0.362 e. The molecule has 21 heavy (non-hydrogen) atoms. The van der Waals surface area contributed by atoms with E-state index in [1.54, 1.807) is 18.2 Å². The molecule has 108 valence electrons. The molecule has 1 aliphatic rings. The van der Waals surface area contributed by atoms with Gasteiger partial charge in [0.2, 0.25) is 0 Å². The lowest BCUT2D eigenvalue weighted by Gasteiger charge is -2.23. The summed E-state index contributed by atoms with van der Waals surface area (Å²) in [4.78, 5) is 13.0. The first kappa shape index (κ1) is 13.9. The molecule has 0 fully saturated rings. The zero-order chi connectivity index (χ0) is 14.8. The molecule has 0 unspecified atom stereocenters. The third-order valence-electron chi connectivity index (χ3n) is 3.84. The first-order valence-electron chi connectivity index (χ1n) is 6.91. The van der Waals surface area contributed by atoms with Gasteiger partial charge in [-0.05, 0) is 36.1 Å². The molecule has 0 radical (unpaired) electrons. The Morgan fingerprint density at radius 2 is 1.86 bits per heavy atom. The van der Waals surface area contributed by atoms with Gasteiger partial charge in [-0.2, -0.15) is 0 Å². The zero-order valence-electron chi connectivity index (χ0n) is 11.5. The molecule has 0 atom stereocenters. The van der Waals surface area contributed by atoms with Crippen LogP contribution in [0.5, 0.6) is 0 Å². The van der Waals surface area contributed by atoms with Gasteiger partial charge in [0.05, 0.1) is 4.92 Å². The van der Waals surface area contributed by atoms with Gasteiger partial charge in [0.1, 0.15) is 10.7 Å². The number of nitrogens with zero attached hydrogens (tertiary/aromatic N) is 2. The van der Waals surface area contributed by atoms with Crippen molar-refractivity contribution in [3.8, 4) is 0 Å². The number of hydrogen-bond acceptors (Lipinski definition) is 3. The Kier molecular flexibility index (Phi) is 3.80. The van der Waals surface area contributed by atoms with E-state index in [2.05, 4.69) is 17.0 Å². The number of hydrogen-bond donors (Lipinski definition) is 0. The molecule has 1 heterocycles. The van der Waals surface area contributed by atoms with Gasteiger partial charge in [-0.3, -0.25) is 10.1 Å². The van der Waals surface area contributed by atoms with Crippen LogP contribution in [-0.4, -0.2) is 11.5 Å². The van der Waals surface area contributed by atoms with E-state index < -0.39 is 4.92 Å². The van der Waals surface area contributed by atoms with Crippen LogP contribution in [0.15, 0.2) is 42.5 Å². The Labute approximate surface area is 128 Å². The van der Waals surface area contributed by atoms with E-state index in [4.69, 9.17) is 11.6 Å². The van der Waals surface area contributed by atoms with Gasteiger partial charge >= 0.3 is 5.69 Å². The highest BCUT2D eigenvalue weighted by atomic mass is 35.5. The van der Waals surface area contributed by atoms with Crippen LogP contribution in [0.1, 0.15) is 17.5 Å². The average molecular weight is 303 g/mol. The smallest absolute Gasteiger partial charge is 0.310 e. The molecule has 1 aliphatic heterocycles. The molecule has 0 aromatic heterocycles. The van der Waals surface area contributed by atoms with Crippen LogP contribution in [0.4, 0.5) is 11.4 Å². The quantitative estimate of drug-likeness (QED) is 0.617. The topological polar surface area (TPSA) is 46.4 Å². The fourth-order valence-electron chi connectivity index (χ4n) is 2.85. The van der Waals surface area contributed by atoms with Gasteiger partial charge in [0.15, 0.2) is 0 Å². The fourth-order valence-corrected chi connectivity index (χ4v) is 3.08. The molecule has 0 aliphatic carbocycles. The van der Waals surface area contributed by atoms with Crippen molar-refractivity contribution < 1.29 is 4.92 Å². The zero-order valence-corrected chi connectivity index (χ0v) is 12.2. The van der Waals surface area contributed by atoms with Crippen molar-refractivity contribution >= 4 is 23.0 Å². The minimum absolute atomic E-state index is 0.00134. The van der Waals surface area contributed by atoms with Gasteiger partial charge in [-0.25, -0.2) is 0 Å². The van der Waals surface area contributed by atoms with Crippen molar-refractivity contribution in [2.45, 2.75) is 19.4 Å². The van der Waals surface area contributed by atoms with Crippen LogP contribution in [0, 0.1) is 10.1 Å². The third-order valence-corrected chi connectivity index (χ3v) is 4.15. The summed E-state index contributed by atoms with van der Waals surface area (Å²) in [6, 6.07) is 13.4. The van der Waals surface area contributed by atoms with Crippen molar-refractivity contribution in [3.63, 3.8) is 0 Å². The second-order valence-corrected chi connectivity index (χ2v) is 5.57. The minimum atomic E-state index is -0.394. The molecule has 0 saturated carbocycles. The summed E-state index contributed by atoms with van der Waals surface area (Å²) in [5.41, 5.74) is 3.15. The first-order valence-corrected chi connectivity index (χ1v) is 7.29. The van der Waals surface area contributed by atoms with Gasteiger partial charge in [0, 0.05) is 13.1 Å². The van der Waals surface area contributed by atoms with Crippen molar-refractivity contribution in [1.82, 2.24) is 0 Å². The van der Waals surface area contributed by atoms with Gasteiger partial charge in [-0.1, -0.05) is 41.9 Å². The summed E-state index contributed by atoms with van der Waals surface area (Å²) in [5.74, 6) is 0. The SMILES string of the molecule is O=[N+]([O-])c1c(Cl)cccc1N1CCCc2ccccc2C1. The standard InChI is InChI=1S/C16H15ClN2O2/c17-14-8-3-9-15(16(14)19(20)21)18-10-4-7-12-5-1-2-6-13(12)11-18/h1-3,5-6,8-9H,4,7,10-11H2. The lowest BCUT2D eigenvalue weighted by Crippen LogP contribution is -2.23. The van der Waals surface area contributed by atoms with E-state index in [0.717, 1.165) is 19.4 Å². The monoisotopic (exact) mass is 302 g/mol. The highest BCUT2D eigenvalue weighted by Crippen LogP contribution is 2.36. The number of halogens is 1. The van der Waals surface area contributed by atoms with Crippen LogP contribution >= 0.6 is 11.6 Å². The van der Waals surface area contributed by atoms with E-state index in [1.165, 1.54) is 11.1 Å². The molecule has 0 saturated heterocycles. The number of benzene rings is 2. The predicted octanol–water partition coefficient (Wildman–Crippen LogP) is 4.20. The van der Waals surface area contributed by atoms with E-state index in [0.29, 0.717) is 12.2 Å². The van der Waals surface area contributed by atoms with Crippen molar-refractivity contribution in [2.24, 2.45) is 0 Å². The molecule has 0 amide bonds. The molecule has 0 bridgehead atoms. The van der Waals surface area contributed by atoms with Crippen LogP contribution in [0.3, 0.4) is 0 Å². The van der Waals surface area contributed by atoms with Gasteiger partial charge in [0.25, 0.3) is 0 Å². The maximum Gasteiger partial charge on any atom is 0.310 e. The number of anilines is 1. The van der Waals surface area contributed by atoms with Gasteiger partial charge < -0.3 is 4.90 Å². The van der Waals surface area contributed by atoms with E-state index >= 15 is 0 Å².